The van der Waals surface area contributed by atoms with E-state index in [1.807, 2.05) is 30.3 Å². The first-order valence-corrected chi connectivity index (χ1v) is 4.19. The molecule has 1 unspecified atom stereocenters. The van der Waals surface area contributed by atoms with Crippen molar-refractivity contribution in [1.29, 1.82) is 0 Å². The Morgan fingerprint density at radius 1 is 1.50 bits per heavy atom. The van der Waals surface area contributed by atoms with Crippen LogP contribution in [0.5, 0.6) is 0 Å². The van der Waals surface area contributed by atoms with E-state index in [0.29, 0.717) is 0 Å². The maximum Gasteiger partial charge on any atom is 0.246 e. The quantitative estimate of drug-likeness (QED) is 0.679. The highest BCUT2D eigenvalue weighted by molar-refractivity contribution is 5.77. The van der Waals surface area contributed by atoms with Crippen molar-refractivity contribution >= 4 is 5.91 Å². The van der Waals surface area contributed by atoms with E-state index in [1.54, 1.807) is 0 Å². The van der Waals surface area contributed by atoms with Crippen LogP contribution in [0.1, 0.15) is 11.6 Å². The smallest absolute Gasteiger partial charge is 0.246 e. The Kier molecular flexibility index (Phi) is 3.71. The van der Waals surface area contributed by atoms with Crippen LogP contribution in [0.3, 0.4) is 0 Å². The molecule has 2 N–H and O–H groups in total. The Hall–Kier alpha value is -1.79. The summed E-state index contributed by atoms with van der Waals surface area (Å²) in [5.41, 5.74) is 0.830. The van der Waals surface area contributed by atoms with Crippen LogP contribution in [-0.2, 0) is 4.79 Å². The third kappa shape index (κ3) is 2.61. The van der Waals surface area contributed by atoms with Crippen LogP contribution in [0.4, 0.5) is 0 Å². The summed E-state index contributed by atoms with van der Waals surface area (Å²) in [5, 5.41) is 11.1. The first-order valence-electron chi connectivity index (χ1n) is 4.19. The van der Waals surface area contributed by atoms with Gasteiger partial charge < -0.3 is 10.4 Å². The molecule has 0 saturated heterocycles. The highest BCUT2D eigenvalue weighted by Gasteiger charge is 2.09. The number of carbonyl (C=O) groups is 1. The maximum atomic E-state index is 10.9. The normalized spacial score (nSPS) is 11.4. The summed E-state index contributed by atoms with van der Waals surface area (Å²) in [7, 11) is 0. The van der Waals surface area contributed by atoms with Crippen LogP contribution >= 0.6 is 0 Å². The van der Waals surface area contributed by atoms with Gasteiger partial charge in [0.25, 0.3) is 0 Å². The molecular formula is C11H11NO2. The second kappa shape index (κ2) is 5.05. The number of rotatable bonds is 3. The zero-order valence-electron chi connectivity index (χ0n) is 7.60. The van der Waals surface area contributed by atoms with E-state index in [9.17, 15) is 4.79 Å². The molecular weight excluding hydrogens is 178 g/mol. The van der Waals surface area contributed by atoms with Gasteiger partial charge in [-0.05, 0) is 5.56 Å². The first-order chi connectivity index (χ1) is 6.77. The molecule has 0 heterocycles. The second-order valence-electron chi connectivity index (χ2n) is 2.74. The molecule has 1 aromatic rings. The average molecular weight is 189 g/mol. The SMILES string of the molecule is C#CC(NC(=O)CO)c1ccccc1. The molecule has 72 valence electrons. The van der Waals surface area contributed by atoms with Crippen molar-refractivity contribution in [2.75, 3.05) is 6.61 Å². The lowest BCUT2D eigenvalue weighted by atomic mass is 10.1. The number of hydrogen-bond donors (Lipinski definition) is 2. The number of amides is 1. The molecule has 1 aromatic carbocycles. The van der Waals surface area contributed by atoms with Gasteiger partial charge in [-0.3, -0.25) is 4.79 Å². The molecule has 0 bridgehead atoms. The molecule has 0 spiro atoms. The van der Waals surface area contributed by atoms with Crippen molar-refractivity contribution in [2.24, 2.45) is 0 Å². The highest BCUT2D eigenvalue weighted by Crippen LogP contribution is 2.10. The van der Waals surface area contributed by atoms with E-state index < -0.39 is 18.6 Å². The fourth-order valence-corrected chi connectivity index (χ4v) is 1.07. The van der Waals surface area contributed by atoms with E-state index in [-0.39, 0.29) is 0 Å². The molecule has 0 aromatic heterocycles. The lowest BCUT2D eigenvalue weighted by Gasteiger charge is -2.11. The summed E-state index contributed by atoms with van der Waals surface area (Å²) < 4.78 is 0. The summed E-state index contributed by atoms with van der Waals surface area (Å²) in [4.78, 5) is 10.9. The highest BCUT2D eigenvalue weighted by atomic mass is 16.3. The van der Waals surface area contributed by atoms with Gasteiger partial charge in [-0.1, -0.05) is 36.3 Å². The average Bonchev–Trinajstić information content (AvgIpc) is 2.26. The van der Waals surface area contributed by atoms with Crippen LogP contribution in [0.2, 0.25) is 0 Å². The van der Waals surface area contributed by atoms with Crippen molar-refractivity contribution in [1.82, 2.24) is 5.32 Å². The topological polar surface area (TPSA) is 49.3 Å². The molecule has 0 saturated carbocycles. The minimum Gasteiger partial charge on any atom is -0.387 e. The molecule has 0 radical (unpaired) electrons. The summed E-state index contributed by atoms with van der Waals surface area (Å²) in [5.74, 6) is 1.97. The number of hydrogen-bond acceptors (Lipinski definition) is 2. The summed E-state index contributed by atoms with van der Waals surface area (Å²) in [6, 6.07) is 8.71. The van der Waals surface area contributed by atoms with Crippen molar-refractivity contribution in [3.8, 4) is 12.3 Å². The van der Waals surface area contributed by atoms with E-state index >= 15 is 0 Å². The van der Waals surface area contributed by atoms with Gasteiger partial charge in [-0.2, -0.15) is 0 Å². The molecule has 0 aliphatic heterocycles. The molecule has 14 heavy (non-hydrogen) atoms. The van der Waals surface area contributed by atoms with Gasteiger partial charge >= 0.3 is 0 Å². The van der Waals surface area contributed by atoms with Gasteiger partial charge in [0.1, 0.15) is 12.6 Å². The Balaban J connectivity index is 2.74. The number of benzene rings is 1. The minimum atomic E-state index is -0.551. The van der Waals surface area contributed by atoms with Gasteiger partial charge in [0, 0.05) is 0 Å². The van der Waals surface area contributed by atoms with Gasteiger partial charge in [0.2, 0.25) is 5.91 Å². The summed E-state index contributed by atoms with van der Waals surface area (Å²) >= 11 is 0. The lowest BCUT2D eigenvalue weighted by molar-refractivity contribution is -0.124. The number of aliphatic hydroxyl groups is 1. The molecule has 1 atom stereocenters. The standard InChI is InChI=1S/C11H11NO2/c1-2-10(12-11(14)8-13)9-6-4-3-5-7-9/h1,3-7,10,13H,8H2,(H,12,14). The molecule has 1 amide bonds. The Morgan fingerprint density at radius 2 is 2.14 bits per heavy atom. The van der Waals surface area contributed by atoms with Crippen molar-refractivity contribution < 1.29 is 9.90 Å². The third-order valence-corrected chi connectivity index (χ3v) is 1.75. The summed E-state index contributed by atoms with van der Waals surface area (Å²) in [6.07, 6.45) is 5.26. The van der Waals surface area contributed by atoms with Gasteiger partial charge in [0.15, 0.2) is 0 Å². The molecule has 0 fully saturated rings. The summed E-state index contributed by atoms with van der Waals surface area (Å²) in [6.45, 7) is -0.551. The number of nitrogens with one attached hydrogen (secondary N) is 1. The van der Waals surface area contributed by atoms with Crippen LogP contribution < -0.4 is 5.32 Å². The Labute approximate surface area is 82.8 Å². The molecule has 1 rings (SSSR count). The Morgan fingerprint density at radius 3 is 2.64 bits per heavy atom. The van der Waals surface area contributed by atoms with E-state index in [2.05, 4.69) is 11.2 Å². The van der Waals surface area contributed by atoms with Crippen LogP contribution in [0, 0.1) is 12.3 Å². The maximum absolute atomic E-state index is 10.9. The molecule has 3 nitrogen and oxygen atoms in total. The van der Waals surface area contributed by atoms with Crippen molar-refractivity contribution in [2.45, 2.75) is 6.04 Å². The predicted molar refractivity (Wildman–Crippen MR) is 53.2 cm³/mol. The van der Waals surface area contributed by atoms with Crippen molar-refractivity contribution in [3.63, 3.8) is 0 Å². The largest absolute Gasteiger partial charge is 0.387 e. The van der Waals surface area contributed by atoms with E-state index in [0.717, 1.165) is 5.56 Å². The van der Waals surface area contributed by atoms with E-state index in [4.69, 9.17) is 11.5 Å². The molecule has 0 aliphatic rings. The minimum absolute atomic E-state index is 0.475. The zero-order valence-corrected chi connectivity index (χ0v) is 7.60. The Bertz CT molecular complexity index is 340. The fraction of sp³-hybridized carbons (Fsp3) is 0.182. The fourth-order valence-electron chi connectivity index (χ4n) is 1.07. The van der Waals surface area contributed by atoms with E-state index in [1.165, 1.54) is 0 Å². The molecule has 0 aliphatic carbocycles. The first kappa shape index (κ1) is 10.3. The molecule has 3 heteroatoms. The number of carbonyl (C=O) groups excluding carboxylic acids is 1. The van der Waals surface area contributed by atoms with Gasteiger partial charge in [-0.15, -0.1) is 6.42 Å². The number of terminal acetylenes is 1. The van der Waals surface area contributed by atoms with Crippen molar-refractivity contribution in [3.05, 3.63) is 35.9 Å². The number of aliphatic hydroxyl groups excluding tert-OH is 1. The van der Waals surface area contributed by atoms with Crippen LogP contribution in [0.25, 0.3) is 0 Å². The zero-order chi connectivity index (χ0) is 10.4. The van der Waals surface area contributed by atoms with Crippen LogP contribution in [-0.4, -0.2) is 17.6 Å². The second-order valence-corrected chi connectivity index (χ2v) is 2.74. The van der Waals surface area contributed by atoms with Gasteiger partial charge in [0.05, 0.1) is 0 Å². The monoisotopic (exact) mass is 189 g/mol. The predicted octanol–water partition coefficient (Wildman–Crippen LogP) is 0.469. The lowest BCUT2D eigenvalue weighted by Crippen LogP contribution is -2.29. The van der Waals surface area contributed by atoms with Crippen LogP contribution in [0.15, 0.2) is 30.3 Å². The third-order valence-electron chi connectivity index (χ3n) is 1.75. The van der Waals surface area contributed by atoms with Gasteiger partial charge in [-0.25, -0.2) is 0 Å².